The van der Waals surface area contributed by atoms with E-state index in [1.54, 1.807) is 0 Å². The average molecular weight is 297 g/mol. The third kappa shape index (κ3) is 2.56. The zero-order valence-electron chi connectivity index (χ0n) is 9.52. The highest BCUT2D eigenvalue weighted by Gasteiger charge is 2.07. The Bertz CT molecular complexity index is 537. The lowest BCUT2D eigenvalue weighted by Crippen LogP contribution is -2.03. The second kappa shape index (κ2) is 5.42. The molecule has 0 bridgehead atoms. The first-order valence-electron chi connectivity index (χ1n) is 5.44. The standard InChI is InChI=1S/C12H13BrN2O2/c1-2-5-17-8-15-4-3-9-6-10(13)11(7-16)14-12(9)15/h3-4,6-7H,2,5,8H2,1H3. The van der Waals surface area contributed by atoms with Crippen molar-refractivity contribution >= 4 is 33.2 Å². The second-order valence-electron chi connectivity index (χ2n) is 3.71. The quantitative estimate of drug-likeness (QED) is 0.629. The fourth-order valence-electron chi connectivity index (χ4n) is 1.59. The topological polar surface area (TPSA) is 44.1 Å². The smallest absolute Gasteiger partial charge is 0.169 e. The summed E-state index contributed by atoms with van der Waals surface area (Å²) in [5.74, 6) is 0. The van der Waals surface area contributed by atoms with E-state index in [9.17, 15) is 4.79 Å². The average Bonchev–Trinajstić information content (AvgIpc) is 2.71. The van der Waals surface area contributed by atoms with Gasteiger partial charge >= 0.3 is 0 Å². The SMILES string of the molecule is CCCOCn1ccc2cc(Br)c(C=O)nc21. The maximum absolute atomic E-state index is 10.8. The van der Waals surface area contributed by atoms with Crippen LogP contribution < -0.4 is 0 Å². The molecule has 0 spiro atoms. The normalized spacial score (nSPS) is 10.9. The molecule has 0 aromatic carbocycles. The molecule has 0 saturated heterocycles. The highest BCUT2D eigenvalue weighted by molar-refractivity contribution is 9.10. The summed E-state index contributed by atoms with van der Waals surface area (Å²) in [5.41, 5.74) is 1.18. The van der Waals surface area contributed by atoms with Crippen molar-refractivity contribution in [3.05, 3.63) is 28.5 Å². The molecule has 0 radical (unpaired) electrons. The van der Waals surface area contributed by atoms with Gasteiger partial charge in [0, 0.05) is 22.7 Å². The van der Waals surface area contributed by atoms with Gasteiger partial charge in [-0.3, -0.25) is 4.79 Å². The first-order chi connectivity index (χ1) is 8.26. The number of aromatic nitrogens is 2. The lowest BCUT2D eigenvalue weighted by Gasteiger charge is -2.06. The van der Waals surface area contributed by atoms with Crippen LogP contribution in [0.3, 0.4) is 0 Å². The van der Waals surface area contributed by atoms with Crippen LogP contribution in [0.25, 0.3) is 11.0 Å². The highest BCUT2D eigenvalue weighted by atomic mass is 79.9. The summed E-state index contributed by atoms with van der Waals surface area (Å²) in [6, 6.07) is 3.85. The first-order valence-corrected chi connectivity index (χ1v) is 6.24. The van der Waals surface area contributed by atoms with E-state index < -0.39 is 0 Å². The Morgan fingerprint density at radius 1 is 1.59 bits per heavy atom. The van der Waals surface area contributed by atoms with E-state index >= 15 is 0 Å². The van der Waals surface area contributed by atoms with E-state index in [0.29, 0.717) is 16.9 Å². The molecule has 2 rings (SSSR count). The summed E-state index contributed by atoms with van der Waals surface area (Å²) in [7, 11) is 0. The van der Waals surface area contributed by atoms with Gasteiger partial charge in [0.2, 0.25) is 0 Å². The van der Waals surface area contributed by atoms with E-state index in [1.165, 1.54) is 0 Å². The number of carbonyl (C=O) groups excluding carboxylic acids is 1. The minimum Gasteiger partial charge on any atom is -0.361 e. The number of carbonyl (C=O) groups is 1. The van der Waals surface area contributed by atoms with Gasteiger partial charge in [0.15, 0.2) is 6.29 Å². The van der Waals surface area contributed by atoms with Crippen LogP contribution in [-0.4, -0.2) is 22.4 Å². The van der Waals surface area contributed by atoms with Crippen molar-refractivity contribution in [2.24, 2.45) is 0 Å². The molecule has 0 aliphatic heterocycles. The summed E-state index contributed by atoms with van der Waals surface area (Å²) in [6.45, 7) is 3.24. The number of hydrogen-bond acceptors (Lipinski definition) is 3. The van der Waals surface area contributed by atoms with E-state index in [4.69, 9.17) is 4.74 Å². The molecule has 4 nitrogen and oxygen atoms in total. The Kier molecular flexibility index (Phi) is 3.91. The molecule has 2 aromatic heterocycles. The molecular formula is C12H13BrN2O2. The Morgan fingerprint density at radius 2 is 2.41 bits per heavy atom. The van der Waals surface area contributed by atoms with Crippen molar-refractivity contribution in [1.29, 1.82) is 0 Å². The molecule has 17 heavy (non-hydrogen) atoms. The van der Waals surface area contributed by atoms with Gasteiger partial charge in [-0.2, -0.15) is 0 Å². The fourth-order valence-corrected chi connectivity index (χ4v) is 2.02. The van der Waals surface area contributed by atoms with Crippen molar-refractivity contribution in [2.75, 3.05) is 6.61 Å². The second-order valence-corrected chi connectivity index (χ2v) is 4.56. The molecule has 0 amide bonds. The molecule has 0 fully saturated rings. The van der Waals surface area contributed by atoms with E-state index in [-0.39, 0.29) is 0 Å². The molecule has 2 aromatic rings. The van der Waals surface area contributed by atoms with Gasteiger partial charge in [-0.15, -0.1) is 0 Å². The number of nitrogens with zero attached hydrogens (tertiary/aromatic N) is 2. The fraction of sp³-hybridized carbons (Fsp3) is 0.333. The Hall–Kier alpha value is -1.20. The predicted molar refractivity (Wildman–Crippen MR) is 69.1 cm³/mol. The number of ether oxygens (including phenoxy) is 1. The van der Waals surface area contributed by atoms with Crippen LogP contribution in [0.2, 0.25) is 0 Å². The van der Waals surface area contributed by atoms with Crippen molar-refractivity contribution in [3.8, 4) is 0 Å². The van der Waals surface area contributed by atoms with Gasteiger partial charge in [-0.05, 0) is 34.5 Å². The molecule has 90 valence electrons. The third-order valence-corrected chi connectivity index (χ3v) is 3.04. The van der Waals surface area contributed by atoms with Crippen LogP contribution >= 0.6 is 15.9 Å². The number of fused-ring (bicyclic) bond motifs is 1. The zero-order chi connectivity index (χ0) is 12.3. The molecule has 0 aliphatic rings. The van der Waals surface area contributed by atoms with Crippen LogP contribution in [0.5, 0.6) is 0 Å². The molecule has 0 unspecified atom stereocenters. The van der Waals surface area contributed by atoms with Crippen molar-refractivity contribution in [2.45, 2.75) is 20.1 Å². The van der Waals surface area contributed by atoms with Gasteiger partial charge in [0.05, 0.1) is 0 Å². The molecule has 2 heterocycles. The van der Waals surface area contributed by atoms with Crippen LogP contribution in [0.4, 0.5) is 0 Å². The molecule has 0 N–H and O–H groups in total. The van der Waals surface area contributed by atoms with E-state index in [1.807, 2.05) is 22.9 Å². The first kappa shape index (κ1) is 12.3. The Labute approximate surface area is 108 Å². The van der Waals surface area contributed by atoms with Gasteiger partial charge in [-0.1, -0.05) is 6.92 Å². The van der Waals surface area contributed by atoms with Crippen LogP contribution in [-0.2, 0) is 11.5 Å². The minimum atomic E-state index is 0.410. The van der Waals surface area contributed by atoms with Crippen LogP contribution in [0.1, 0.15) is 23.8 Å². The monoisotopic (exact) mass is 296 g/mol. The number of halogens is 1. The maximum atomic E-state index is 10.8. The minimum absolute atomic E-state index is 0.410. The third-order valence-electron chi connectivity index (χ3n) is 2.41. The van der Waals surface area contributed by atoms with Gasteiger partial charge in [0.1, 0.15) is 18.1 Å². The molecule has 0 atom stereocenters. The maximum Gasteiger partial charge on any atom is 0.169 e. The Balaban J connectivity index is 2.34. The van der Waals surface area contributed by atoms with Gasteiger partial charge in [0.25, 0.3) is 0 Å². The number of aldehydes is 1. The summed E-state index contributed by atoms with van der Waals surface area (Å²) < 4.78 is 8.07. The van der Waals surface area contributed by atoms with Crippen LogP contribution in [0.15, 0.2) is 22.8 Å². The molecular weight excluding hydrogens is 284 g/mol. The van der Waals surface area contributed by atoms with Crippen LogP contribution in [0, 0.1) is 0 Å². The lowest BCUT2D eigenvalue weighted by molar-refractivity contribution is 0.0800. The number of pyridine rings is 1. The van der Waals surface area contributed by atoms with Gasteiger partial charge < -0.3 is 9.30 Å². The van der Waals surface area contributed by atoms with Crippen molar-refractivity contribution in [3.63, 3.8) is 0 Å². The molecule has 0 aliphatic carbocycles. The predicted octanol–water partition coefficient (Wildman–Crippen LogP) is 3.00. The summed E-state index contributed by atoms with van der Waals surface area (Å²) in [4.78, 5) is 15.1. The number of rotatable bonds is 5. The Morgan fingerprint density at radius 3 is 3.12 bits per heavy atom. The number of hydrogen-bond donors (Lipinski definition) is 0. The molecule has 5 heteroatoms. The van der Waals surface area contributed by atoms with Crippen molar-refractivity contribution in [1.82, 2.24) is 9.55 Å². The van der Waals surface area contributed by atoms with E-state index in [2.05, 4.69) is 27.8 Å². The van der Waals surface area contributed by atoms with Gasteiger partial charge in [-0.25, -0.2) is 4.98 Å². The summed E-state index contributed by atoms with van der Waals surface area (Å²) in [5, 5.41) is 0.988. The lowest BCUT2D eigenvalue weighted by atomic mass is 10.3. The summed E-state index contributed by atoms with van der Waals surface area (Å²) >= 11 is 3.32. The highest BCUT2D eigenvalue weighted by Crippen LogP contribution is 2.21. The largest absolute Gasteiger partial charge is 0.361 e. The van der Waals surface area contributed by atoms with E-state index in [0.717, 1.165) is 30.3 Å². The summed E-state index contributed by atoms with van der Waals surface area (Å²) in [6.07, 6.45) is 3.64. The molecule has 0 saturated carbocycles. The van der Waals surface area contributed by atoms with Crippen molar-refractivity contribution < 1.29 is 9.53 Å². The zero-order valence-corrected chi connectivity index (χ0v) is 11.1.